The average molecular weight is 198 g/mol. The van der Waals surface area contributed by atoms with Gasteiger partial charge in [0.1, 0.15) is 0 Å². The number of rotatable bonds is 3. The maximum Gasteiger partial charge on any atom is 0.339 e. The van der Waals surface area contributed by atoms with E-state index in [1.165, 1.54) is 13.0 Å². The monoisotopic (exact) mass is 198 g/mol. The van der Waals surface area contributed by atoms with Gasteiger partial charge in [0.2, 0.25) is 0 Å². The van der Waals surface area contributed by atoms with Gasteiger partial charge in [-0.05, 0) is 13.8 Å². The Labute approximate surface area is 80.7 Å². The third-order valence-corrected chi connectivity index (χ3v) is 1.18. The number of aliphatic carboxylic acids is 1. The summed E-state index contributed by atoms with van der Waals surface area (Å²) in [6.45, 7) is 2.81. The maximum absolute atomic E-state index is 10.8. The molecule has 0 spiro atoms. The van der Waals surface area contributed by atoms with Crippen molar-refractivity contribution in [2.75, 3.05) is 0 Å². The van der Waals surface area contributed by atoms with Gasteiger partial charge in [-0.2, -0.15) is 0 Å². The number of hydrogen-bond donors (Lipinski definition) is 1. The van der Waals surface area contributed by atoms with Gasteiger partial charge in [0, 0.05) is 17.7 Å². The normalized spacial score (nSPS) is 11.4. The predicted octanol–water partition coefficient (Wildman–Crippen LogP) is 0.663. The first-order valence-corrected chi connectivity index (χ1v) is 3.77. The van der Waals surface area contributed by atoms with Crippen molar-refractivity contribution in [2.24, 2.45) is 0 Å². The Morgan fingerprint density at radius 1 is 1.21 bits per heavy atom. The highest BCUT2D eigenvalue weighted by Crippen LogP contribution is 1.94. The number of carbonyl (C=O) groups excluding carboxylic acids is 2. The quantitative estimate of drug-likeness (QED) is 0.409. The fourth-order valence-corrected chi connectivity index (χ4v) is 0.537. The van der Waals surface area contributed by atoms with Gasteiger partial charge in [0.05, 0.1) is 0 Å². The van der Waals surface area contributed by atoms with Crippen LogP contribution in [0.3, 0.4) is 0 Å². The van der Waals surface area contributed by atoms with E-state index in [1.54, 1.807) is 6.92 Å². The number of carboxylic acids is 1. The molecule has 0 fully saturated rings. The van der Waals surface area contributed by atoms with Crippen LogP contribution in [-0.2, 0) is 19.1 Å². The molecule has 0 aliphatic rings. The summed E-state index contributed by atoms with van der Waals surface area (Å²) >= 11 is 0. The summed E-state index contributed by atoms with van der Waals surface area (Å²) in [6, 6.07) is 0. The number of allylic oxidation sites excluding steroid dienone is 1. The summed E-state index contributed by atoms with van der Waals surface area (Å²) in [5.41, 5.74) is -0.191. The summed E-state index contributed by atoms with van der Waals surface area (Å²) in [7, 11) is 0. The number of hydrogen-bond acceptors (Lipinski definition) is 4. The van der Waals surface area contributed by atoms with E-state index in [4.69, 9.17) is 5.11 Å². The predicted molar refractivity (Wildman–Crippen MR) is 47.3 cm³/mol. The fourth-order valence-electron chi connectivity index (χ4n) is 0.537. The van der Waals surface area contributed by atoms with E-state index in [9.17, 15) is 14.4 Å². The number of carbonyl (C=O) groups is 3. The molecule has 0 rings (SSSR count). The Balaban J connectivity index is 4.31. The van der Waals surface area contributed by atoms with E-state index < -0.39 is 17.9 Å². The lowest BCUT2D eigenvalue weighted by Gasteiger charge is -1.95. The molecule has 0 aromatic rings. The Bertz CT molecular complexity index is 311. The lowest BCUT2D eigenvalue weighted by Crippen LogP contribution is -2.09. The SMILES string of the molecule is CC=CC(=O)OC(=O)/C=C(/C)C(=O)O. The molecule has 0 saturated carbocycles. The molecule has 0 aromatic carbocycles. The van der Waals surface area contributed by atoms with Gasteiger partial charge in [-0.25, -0.2) is 14.4 Å². The van der Waals surface area contributed by atoms with Crippen LogP contribution >= 0.6 is 0 Å². The summed E-state index contributed by atoms with van der Waals surface area (Å²) in [5.74, 6) is -3.06. The zero-order chi connectivity index (χ0) is 11.1. The smallest absolute Gasteiger partial charge is 0.339 e. The second-order valence-electron chi connectivity index (χ2n) is 2.37. The molecule has 0 amide bonds. The van der Waals surface area contributed by atoms with E-state index in [1.807, 2.05) is 0 Å². The van der Waals surface area contributed by atoms with Crippen molar-refractivity contribution in [3.05, 3.63) is 23.8 Å². The van der Waals surface area contributed by atoms with Crippen molar-refractivity contribution in [3.63, 3.8) is 0 Å². The van der Waals surface area contributed by atoms with E-state index in [-0.39, 0.29) is 5.57 Å². The van der Waals surface area contributed by atoms with Gasteiger partial charge in [0.25, 0.3) is 0 Å². The highest BCUT2D eigenvalue weighted by atomic mass is 16.6. The molecule has 0 bridgehead atoms. The third-order valence-electron chi connectivity index (χ3n) is 1.18. The van der Waals surface area contributed by atoms with Crippen molar-refractivity contribution in [1.29, 1.82) is 0 Å². The highest BCUT2D eigenvalue weighted by Gasteiger charge is 2.07. The zero-order valence-electron chi connectivity index (χ0n) is 7.81. The van der Waals surface area contributed by atoms with E-state index >= 15 is 0 Å². The van der Waals surface area contributed by atoms with E-state index in [0.717, 1.165) is 12.2 Å². The van der Waals surface area contributed by atoms with E-state index in [2.05, 4.69) is 4.74 Å². The second-order valence-corrected chi connectivity index (χ2v) is 2.37. The minimum atomic E-state index is -1.24. The Morgan fingerprint density at radius 2 is 1.79 bits per heavy atom. The number of esters is 2. The van der Waals surface area contributed by atoms with Gasteiger partial charge in [-0.1, -0.05) is 6.08 Å². The first-order chi connectivity index (χ1) is 6.47. The average Bonchev–Trinajstić information content (AvgIpc) is 2.03. The maximum atomic E-state index is 10.8. The van der Waals surface area contributed by atoms with Crippen molar-refractivity contribution in [1.82, 2.24) is 0 Å². The van der Waals surface area contributed by atoms with E-state index in [0.29, 0.717) is 0 Å². The van der Waals surface area contributed by atoms with Crippen LogP contribution in [0.15, 0.2) is 23.8 Å². The van der Waals surface area contributed by atoms with Gasteiger partial charge >= 0.3 is 17.9 Å². The van der Waals surface area contributed by atoms with Crippen LogP contribution in [0.1, 0.15) is 13.8 Å². The molecule has 0 aliphatic carbocycles. The van der Waals surface area contributed by atoms with Gasteiger partial charge < -0.3 is 9.84 Å². The summed E-state index contributed by atoms with van der Waals surface area (Å²) < 4.78 is 4.21. The van der Waals surface area contributed by atoms with Crippen LogP contribution in [-0.4, -0.2) is 23.0 Å². The van der Waals surface area contributed by atoms with Crippen molar-refractivity contribution >= 4 is 17.9 Å². The standard InChI is InChI=1S/C9H10O5/c1-3-4-7(10)14-8(11)5-6(2)9(12)13/h3-5H,1-2H3,(H,12,13)/b4-3?,6-5-. The molecular formula is C9H10O5. The van der Waals surface area contributed by atoms with Crippen molar-refractivity contribution < 1.29 is 24.2 Å². The Hall–Kier alpha value is -1.91. The third kappa shape index (κ3) is 4.87. The summed E-state index contributed by atoms with van der Waals surface area (Å²) in [4.78, 5) is 31.8. The zero-order valence-corrected chi connectivity index (χ0v) is 7.81. The van der Waals surface area contributed by atoms with Gasteiger partial charge in [0.15, 0.2) is 0 Å². The molecule has 14 heavy (non-hydrogen) atoms. The number of carboxylic acid groups (broad SMARTS) is 1. The minimum absolute atomic E-state index is 0.191. The Morgan fingerprint density at radius 3 is 2.21 bits per heavy atom. The van der Waals surface area contributed by atoms with Crippen molar-refractivity contribution in [3.8, 4) is 0 Å². The molecule has 0 aliphatic heterocycles. The molecule has 76 valence electrons. The van der Waals surface area contributed by atoms with Gasteiger partial charge in [-0.3, -0.25) is 0 Å². The highest BCUT2D eigenvalue weighted by molar-refractivity contribution is 6.00. The molecule has 1 N–H and O–H groups in total. The van der Waals surface area contributed by atoms with Crippen molar-refractivity contribution in [2.45, 2.75) is 13.8 Å². The molecule has 0 saturated heterocycles. The molecule has 0 unspecified atom stereocenters. The minimum Gasteiger partial charge on any atom is -0.478 e. The summed E-state index contributed by atoms with van der Waals surface area (Å²) in [5, 5.41) is 8.39. The molecule has 5 heteroatoms. The largest absolute Gasteiger partial charge is 0.478 e. The van der Waals surface area contributed by atoms with Gasteiger partial charge in [-0.15, -0.1) is 0 Å². The first kappa shape index (κ1) is 12.1. The van der Waals surface area contributed by atoms with Crippen LogP contribution in [0.5, 0.6) is 0 Å². The van der Waals surface area contributed by atoms with Crippen LogP contribution < -0.4 is 0 Å². The lowest BCUT2D eigenvalue weighted by atomic mass is 10.3. The Kier molecular flexibility index (Phi) is 4.91. The van der Waals surface area contributed by atoms with Crippen LogP contribution in [0.4, 0.5) is 0 Å². The molecule has 0 atom stereocenters. The second kappa shape index (κ2) is 5.69. The molecule has 0 heterocycles. The molecule has 0 aromatic heterocycles. The van der Waals surface area contributed by atoms with Crippen LogP contribution in [0.25, 0.3) is 0 Å². The molecular weight excluding hydrogens is 188 g/mol. The topological polar surface area (TPSA) is 80.7 Å². The molecule has 0 radical (unpaired) electrons. The first-order valence-electron chi connectivity index (χ1n) is 3.77. The van der Waals surface area contributed by atoms with Crippen LogP contribution in [0, 0.1) is 0 Å². The molecule has 5 nitrogen and oxygen atoms in total. The van der Waals surface area contributed by atoms with Crippen LogP contribution in [0.2, 0.25) is 0 Å². The lowest BCUT2D eigenvalue weighted by molar-refractivity contribution is -0.152. The fraction of sp³-hybridized carbons (Fsp3) is 0.222. The number of ether oxygens (including phenoxy) is 1. The summed E-state index contributed by atoms with van der Waals surface area (Å²) in [6.07, 6.45) is 3.20.